The van der Waals surface area contributed by atoms with Crippen LogP contribution in [0, 0.1) is 0 Å². The van der Waals surface area contributed by atoms with E-state index in [2.05, 4.69) is 26.2 Å². The number of methoxy groups -OCH3 is 1. The summed E-state index contributed by atoms with van der Waals surface area (Å²) in [5, 5.41) is 17.0. The maximum atomic E-state index is 8.79. The van der Waals surface area contributed by atoms with Gasteiger partial charge in [0.15, 0.2) is 0 Å². The Balaban J connectivity index is 2.12. The molecule has 2 aromatic rings. The first kappa shape index (κ1) is 14.0. The molecule has 0 aliphatic heterocycles. The Hall–Kier alpha value is -1.40. The molecule has 1 aromatic carbocycles. The van der Waals surface area contributed by atoms with Crippen molar-refractivity contribution in [2.75, 3.05) is 13.7 Å². The molecule has 1 aromatic heterocycles. The SMILES string of the molecule is COc1ccc(Br)cc1Cn1cc(CCCO)nn1. The summed E-state index contributed by atoms with van der Waals surface area (Å²) in [6.45, 7) is 0.779. The van der Waals surface area contributed by atoms with Crippen LogP contribution >= 0.6 is 15.9 Å². The number of halogens is 1. The highest BCUT2D eigenvalue weighted by molar-refractivity contribution is 9.10. The second-order valence-electron chi connectivity index (χ2n) is 4.19. The molecule has 0 aliphatic carbocycles. The third kappa shape index (κ3) is 3.78. The van der Waals surface area contributed by atoms with Crippen molar-refractivity contribution in [3.8, 4) is 5.75 Å². The Morgan fingerprint density at radius 1 is 1.42 bits per heavy atom. The number of hydrogen-bond acceptors (Lipinski definition) is 4. The Kier molecular flexibility index (Phi) is 4.93. The van der Waals surface area contributed by atoms with Gasteiger partial charge in [-0.2, -0.15) is 0 Å². The van der Waals surface area contributed by atoms with E-state index in [1.54, 1.807) is 11.8 Å². The molecule has 0 radical (unpaired) electrons. The molecule has 2 rings (SSSR count). The van der Waals surface area contributed by atoms with Crippen LogP contribution in [0.3, 0.4) is 0 Å². The van der Waals surface area contributed by atoms with Crippen LogP contribution < -0.4 is 4.74 Å². The minimum absolute atomic E-state index is 0.173. The Morgan fingerprint density at radius 2 is 2.26 bits per heavy atom. The van der Waals surface area contributed by atoms with Crippen molar-refractivity contribution in [1.82, 2.24) is 15.0 Å². The summed E-state index contributed by atoms with van der Waals surface area (Å²) in [6, 6.07) is 5.87. The van der Waals surface area contributed by atoms with Crippen LogP contribution in [-0.2, 0) is 13.0 Å². The van der Waals surface area contributed by atoms with Crippen molar-refractivity contribution in [3.63, 3.8) is 0 Å². The predicted octanol–water partition coefficient (Wildman–Crippen LogP) is 2.02. The average molecular weight is 326 g/mol. The molecule has 0 unspecified atom stereocenters. The zero-order valence-corrected chi connectivity index (χ0v) is 12.3. The molecule has 0 amide bonds. The number of aliphatic hydroxyl groups excluding tert-OH is 1. The Bertz CT molecular complexity index is 542. The molecule has 1 heterocycles. The minimum atomic E-state index is 0.173. The highest BCUT2D eigenvalue weighted by atomic mass is 79.9. The number of benzene rings is 1. The quantitative estimate of drug-likeness (QED) is 0.882. The van der Waals surface area contributed by atoms with E-state index in [-0.39, 0.29) is 6.61 Å². The number of aliphatic hydroxyl groups is 1. The van der Waals surface area contributed by atoms with E-state index in [1.165, 1.54) is 0 Å². The van der Waals surface area contributed by atoms with E-state index < -0.39 is 0 Å². The van der Waals surface area contributed by atoms with E-state index in [1.807, 2.05) is 24.4 Å². The molecular weight excluding hydrogens is 310 g/mol. The van der Waals surface area contributed by atoms with Gasteiger partial charge < -0.3 is 9.84 Å². The molecule has 1 N–H and O–H groups in total. The van der Waals surface area contributed by atoms with Crippen LogP contribution in [-0.4, -0.2) is 33.8 Å². The van der Waals surface area contributed by atoms with Crippen LogP contribution in [0.4, 0.5) is 0 Å². The third-order valence-corrected chi connectivity index (χ3v) is 3.25. The fraction of sp³-hybridized carbons (Fsp3) is 0.385. The Labute approximate surface area is 120 Å². The van der Waals surface area contributed by atoms with Crippen molar-refractivity contribution in [2.45, 2.75) is 19.4 Å². The van der Waals surface area contributed by atoms with Gasteiger partial charge in [-0.05, 0) is 31.0 Å². The predicted molar refractivity (Wildman–Crippen MR) is 75.2 cm³/mol. The van der Waals surface area contributed by atoms with Gasteiger partial charge in [0.25, 0.3) is 0 Å². The van der Waals surface area contributed by atoms with Crippen molar-refractivity contribution >= 4 is 15.9 Å². The van der Waals surface area contributed by atoms with Gasteiger partial charge in [-0.1, -0.05) is 21.1 Å². The van der Waals surface area contributed by atoms with Crippen LogP contribution in [0.1, 0.15) is 17.7 Å². The van der Waals surface area contributed by atoms with Gasteiger partial charge >= 0.3 is 0 Å². The maximum Gasteiger partial charge on any atom is 0.124 e. The number of nitrogens with zero attached hydrogens (tertiary/aromatic N) is 3. The van der Waals surface area contributed by atoms with Crippen molar-refractivity contribution in [1.29, 1.82) is 0 Å². The molecule has 0 saturated carbocycles. The lowest BCUT2D eigenvalue weighted by Gasteiger charge is -2.08. The van der Waals surface area contributed by atoms with Gasteiger partial charge in [0.2, 0.25) is 0 Å². The molecule has 19 heavy (non-hydrogen) atoms. The maximum absolute atomic E-state index is 8.79. The number of rotatable bonds is 6. The molecule has 5 nitrogen and oxygen atoms in total. The molecular formula is C13H16BrN3O2. The van der Waals surface area contributed by atoms with Gasteiger partial charge in [0.1, 0.15) is 5.75 Å². The standard InChI is InChI=1S/C13H16BrN3O2/c1-19-13-5-4-11(14)7-10(13)8-17-9-12(15-16-17)3-2-6-18/h4-5,7,9,18H,2-3,6,8H2,1H3. The lowest BCUT2D eigenvalue weighted by atomic mass is 10.2. The van der Waals surface area contributed by atoms with Gasteiger partial charge in [0, 0.05) is 22.8 Å². The summed E-state index contributed by atoms with van der Waals surface area (Å²) in [6.07, 6.45) is 3.35. The minimum Gasteiger partial charge on any atom is -0.496 e. The molecule has 0 bridgehead atoms. The second-order valence-corrected chi connectivity index (χ2v) is 5.11. The van der Waals surface area contributed by atoms with E-state index >= 15 is 0 Å². The van der Waals surface area contributed by atoms with Gasteiger partial charge in [-0.25, -0.2) is 4.68 Å². The summed E-state index contributed by atoms with van der Waals surface area (Å²) in [5.74, 6) is 0.829. The molecule has 0 saturated heterocycles. The van der Waals surface area contributed by atoms with Crippen molar-refractivity contribution in [3.05, 3.63) is 40.1 Å². The summed E-state index contributed by atoms with van der Waals surface area (Å²) < 4.78 is 8.11. The fourth-order valence-electron chi connectivity index (χ4n) is 1.84. The largest absolute Gasteiger partial charge is 0.496 e. The zero-order chi connectivity index (χ0) is 13.7. The summed E-state index contributed by atoms with van der Waals surface area (Å²) in [5.41, 5.74) is 1.93. The zero-order valence-electron chi connectivity index (χ0n) is 10.7. The van der Waals surface area contributed by atoms with Gasteiger partial charge in [-0.3, -0.25) is 0 Å². The monoisotopic (exact) mass is 325 g/mol. The summed E-state index contributed by atoms with van der Waals surface area (Å²) in [7, 11) is 1.65. The topological polar surface area (TPSA) is 60.2 Å². The molecule has 0 atom stereocenters. The van der Waals surface area contributed by atoms with Crippen LogP contribution in [0.15, 0.2) is 28.9 Å². The van der Waals surface area contributed by atoms with Crippen LogP contribution in [0.2, 0.25) is 0 Å². The van der Waals surface area contributed by atoms with Gasteiger partial charge in [0.05, 0.1) is 19.3 Å². The number of aryl methyl sites for hydroxylation is 1. The molecule has 0 fully saturated rings. The fourth-order valence-corrected chi connectivity index (χ4v) is 2.24. The Morgan fingerprint density at radius 3 is 3.00 bits per heavy atom. The first-order valence-corrected chi connectivity index (χ1v) is 6.84. The summed E-state index contributed by atoms with van der Waals surface area (Å²) >= 11 is 3.45. The first-order valence-electron chi connectivity index (χ1n) is 6.05. The van der Waals surface area contributed by atoms with Crippen LogP contribution in [0.25, 0.3) is 0 Å². The highest BCUT2D eigenvalue weighted by Gasteiger charge is 2.07. The molecule has 0 spiro atoms. The van der Waals surface area contributed by atoms with E-state index in [4.69, 9.17) is 9.84 Å². The van der Waals surface area contributed by atoms with Gasteiger partial charge in [-0.15, -0.1) is 5.10 Å². The smallest absolute Gasteiger partial charge is 0.124 e. The van der Waals surface area contributed by atoms with Crippen molar-refractivity contribution in [2.24, 2.45) is 0 Å². The number of hydrogen-bond donors (Lipinski definition) is 1. The van der Waals surface area contributed by atoms with Crippen LogP contribution in [0.5, 0.6) is 5.75 Å². The van der Waals surface area contributed by atoms with E-state index in [0.717, 1.165) is 27.9 Å². The lowest BCUT2D eigenvalue weighted by Crippen LogP contribution is -2.02. The van der Waals surface area contributed by atoms with Crippen molar-refractivity contribution < 1.29 is 9.84 Å². The average Bonchev–Trinajstić information content (AvgIpc) is 2.84. The lowest BCUT2D eigenvalue weighted by molar-refractivity contribution is 0.288. The van der Waals surface area contributed by atoms with E-state index in [0.29, 0.717) is 13.0 Å². The molecule has 102 valence electrons. The first-order chi connectivity index (χ1) is 9.22. The molecule has 6 heteroatoms. The molecule has 0 aliphatic rings. The number of ether oxygens (including phenoxy) is 1. The number of aromatic nitrogens is 3. The summed E-state index contributed by atoms with van der Waals surface area (Å²) in [4.78, 5) is 0. The second kappa shape index (κ2) is 6.68. The van der Waals surface area contributed by atoms with E-state index in [9.17, 15) is 0 Å². The highest BCUT2D eigenvalue weighted by Crippen LogP contribution is 2.23. The normalized spacial score (nSPS) is 10.7. The third-order valence-electron chi connectivity index (χ3n) is 2.75.